The fourth-order valence-electron chi connectivity index (χ4n) is 5.16. The monoisotopic (exact) mass is 624 g/mol. The number of rotatable bonds is 14. The summed E-state index contributed by atoms with van der Waals surface area (Å²) in [5.74, 6) is -2.22. The normalized spacial score (nSPS) is 14.2. The Kier molecular flexibility index (Phi) is 10.9. The molecule has 1 aromatic heterocycles. The quantitative estimate of drug-likeness (QED) is 0.0933. The molecule has 0 aliphatic rings. The molecule has 0 unspecified atom stereocenters. The van der Waals surface area contributed by atoms with Crippen LogP contribution in [0.2, 0.25) is 0 Å². The second kappa shape index (κ2) is 15.0. The van der Waals surface area contributed by atoms with E-state index in [2.05, 4.69) is 15.6 Å². The van der Waals surface area contributed by atoms with Gasteiger partial charge in [-0.3, -0.25) is 29.5 Å². The lowest BCUT2D eigenvalue weighted by atomic mass is 10.00. The van der Waals surface area contributed by atoms with Crippen molar-refractivity contribution < 1.29 is 29.1 Å². The molecule has 46 heavy (non-hydrogen) atoms. The van der Waals surface area contributed by atoms with Gasteiger partial charge in [0.15, 0.2) is 0 Å². The zero-order valence-electron chi connectivity index (χ0n) is 25.5. The Morgan fingerprint density at radius 3 is 2.17 bits per heavy atom. The zero-order chi connectivity index (χ0) is 33.3. The van der Waals surface area contributed by atoms with Crippen molar-refractivity contribution in [3.8, 4) is 0 Å². The summed E-state index contributed by atoms with van der Waals surface area (Å²) in [6.07, 6.45) is 1.76. The number of aromatic nitrogens is 1. The Morgan fingerprint density at radius 2 is 1.57 bits per heavy atom. The van der Waals surface area contributed by atoms with Gasteiger partial charge in [-0.1, -0.05) is 78.9 Å². The third kappa shape index (κ3) is 7.80. The van der Waals surface area contributed by atoms with Gasteiger partial charge in [0.2, 0.25) is 30.0 Å². The summed E-state index contributed by atoms with van der Waals surface area (Å²) in [6.45, 7) is 1.46. The average Bonchev–Trinajstić information content (AvgIpc) is 3.41. The van der Waals surface area contributed by atoms with Gasteiger partial charge in [0.25, 0.3) is 5.91 Å². The lowest BCUT2D eigenvalue weighted by molar-refractivity contribution is -0.137. The molecule has 0 fully saturated rings. The highest BCUT2D eigenvalue weighted by molar-refractivity contribution is 5.96. The van der Waals surface area contributed by atoms with Crippen molar-refractivity contribution in [3.63, 3.8) is 0 Å². The number of hydrogen-bond acceptors (Lipinski definition) is 8. The van der Waals surface area contributed by atoms with Gasteiger partial charge in [-0.25, -0.2) is 4.79 Å². The van der Waals surface area contributed by atoms with Gasteiger partial charge in [-0.2, -0.15) is 4.99 Å². The van der Waals surface area contributed by atoms with Crippen molar-refractivity contribution in [3.05, 3.63) is 108 Å². The Balaban J connectivity index is 1.69. The van der Waals surface area contributed by atoms with Gasteiger partial charge < -0.3 is 20.6 Å². The molecule has 0 saturated heterocycles. The van der Waals surface area contributed by atoms with Crippen LogP contribution in [-0.2, 0) is 43.4 Å². The predicted molar refractivity (Wildman–Crippen MR) is 171 cm³/mol. The molecule has 12 nitrogen and oxygen atoms in total. The summed E-state index contributed by atoms with van der Waals surface area (Å²) in [5.41, 5.74) is 6.35. The number of para-hydroxylation sites is 1. The summed E-state index contributed by atoms with van der Waals surface area (Å²) in [6, 6.07) is 23.1. The van der Waals surface area contributed by atoms with E-state index in [-0.39, 0.29) is 18.7 Å². The van der Waals surface area contributed by atoms with Crippen LogP contribution in [-0.4, -0.2) is 75.7 Å². The molecular formula is C34H36N6O6. The first-order chi connectivity index (χ1) is 22.1. The zero-order valence-corrected chi connectivity index (χ0v) is 25.5. The molecular weight excluding hydrogens is 588 g/mol. The van der Waals surface area contributed by atoms with Crippen molar-refractivity contribution in [1.82, 2.24) is 20.1 Å². The molecule has 0 radical (unpaired) electrons. The molecule has 0 aliphatic heterocycles. The minimum atomic E-state index is -2.44. The number of aliphatic hydroxyl groups is 1. The van der Waals surface area contributed by atoms with Crippen LogP contribution in [0.3, 0.4) is 0 Å². The van der Waals surface area contributed by atoms with Crippen molar-refractivity contribution in [2.24, 2.45) is 10.7 Å². The standard InChI is InChI=1S/C34H36N6O6/c1-23(43)34(35,36-21-41)33(46)38-28(18-26-20-40(22-42)30-16-10-9-15-27(26)30)31(44)37-29(17-24-11-5-3-6-12-24)32(45)39(2)19-25-13-7-4-8-14-25/h3-16,20,22-23,28-29,43H,17-19,35H2,1-2H3,(H,37,44)(H,38,46)/t23-,28-,29+,34-/m1/s1. The van der Waals surface area contributed by atoms with Gasteiger partial charge in [-0.15, -0.1) is 0 Å². The van der Waals surface area contributed by atoms with Gasteiger partial charge in [0.05, 0.1) is 11.6 Å². The van der Waals surface area contributed by atoms with E-state index in [1.54, 1.807) is 31.3 Å². The van der Waals surface area contributed by atoms with Gasteiger partial charge in [-0.05, 0) is 29.7 Å². The van der Waals surface area contributed by atoms with E-state index >= 15 is 0 Å². The van der Waals surface area contributed by atoms with Crippen LogP contribution < -0.4 is 16.4 Å². The Labute approximate surface area is 265 Å². The summed E-state index contributed by atoms with van der Waals surface area (Å²) in [5, 5.41) is 16.2. The second-order valence-electron chi connectivity index (χ2n) is 11.0. The number of nitrogens with two attached hydrogens (primary N) is 1. The number of fused-ring (bicyclic) bond motifs is 1. The smallest absolute Gasteiger partial charge is 0.266 e. The number of nitrogens with zero attached hydrogens (tertiary/aromatic N) is 3. The molecule has 0 spiro atoms. The molecule has 4 aromatic rings. The van der Waals surface area contributed by atoms with Crippen LogP contribution >= 0.6 is 0 Å². The van der Waals surface area contributed by atoms with Crippen LogP contribution in [0.4, 0.5) is 0 Å². The highest BCUT2D eigenvalue weighted by atomic mass is 16.3. The van der Waals surface area contributed by atoms with Gasteiger partial charge in [0.1, 0.15) is 12.1 Å². The summed E-state index contributed by atoms with van der Waals surface area (Å²) >= 11 is 0. The molecule has 3 aromatic carbocycles. The lowest BCUT2D eigenvalue weighted by Crippen LogP contribution is -2.63. The van der Waals surface area contributed by atoms with Gasteiger partial charge >= 0.3 is 0 Å². The van der Waals surface area contributed by atoms with E-state index in [1.165, 1.54) is 28.7 Å². The number of likely N-dealkylation sites (N-methyl/N-ethyl adjacent to an activating group) is 1. The summed E-state index contributed by atoms with van der Waals surface area (Å²) < 4.78 is 1.35. The minimum absolute atomic E-state index is 0.133. The molecule has 4 rings (SSSR count). The van der Waals surface area contributed by atoms with E-state index in [0.717, 1.165) is 11.1 Å². The molecule has 12 heteroatoms. The second-order valence-corrected chi connectivity index (χ2v) is 11.0. The van der Waals surface area contributed by atoms with Crippen LogP contribution in [0.15, 0.2) is 96.1 Å². The lowest BCUT2D eigenvalue weighted by Gasteiger charge is -2.29. The van der Waals surface area contributed by atoms with E-state index in [9.17, 15) is 29.1 Å². The van der Waals surface area contributed by atoms with E-state index in [4.69, 9.17) is 5.73 Å². The maximum atomic E-state index is 14.1. The third-order valence-electron chi connectivity index (χ3n) is 7.75. The van der Waals surface area contributed by atoms with E-state index < -0.39 is 35.7 Å². The van der Waals surface area contributed by atoms with E-state index in [1.807, 2.05) is 60.7 Å². The number of amides is 3. The van der Waals surface area contributed by atoms with Gasteiger partial charge in [0, 0.05) is 38.0 Å². The highest BCUT2D eigenvalue weighted by Gasteiger charge is 2.42. The Bertz CT molecular complexity index is 1730. The van der Waals surface area contributed by atoms with Crippen molar-refractivity contribution in [2.45, 2.75) is 50.2 Å². The number of isocyanates is 1. The van der Waals surface area contributed by atoms with Crippen LogP contribution in [0.25, 0.3) is 10.9 Å². The predicted octanol–water partition coefficient (Wildman–Crippen LogP) is 1.46. The third-order valence-corrected chi connectivity index (χ3v) is 7.75. The van der Waals surface area contributed by atoms with Crippen LogP contribution in [0, 0.1) is 0 Å². The highest BCUT2D eigenvalue weighted by Crippen LogP contribution is 2.22. The summed E-state index contributed by atoms with van der Waals surface area (Å²) in [4.78, 5) is 68.9. The van der Waals surface area contributed by atoms with Crippen LogP contribution in [0.5, 0.6) is 0 Å². The maximum absolute atomic E-state index is 14.1. The largest absolute Gasteiger partial charge is 0.389 e. The molecule has 3 amide bonds. The number of benzene rings is 3. The Hall–Kier alpha value is -5.42. The number of nitrogens with one attached hydrogen (secondary N) is 2. The number of hydrogen-bond donors (Lipinski definition) is 4. The minimum Gasteiger partial charge on any atom is -0.389 e. The Morgan fingerprint density at radius 1 is 0.957 bits per heavy atom. The summed E-state index contributed by atoms with van der Waals surface area (Å²) in [7, 11) is 1.63. The van der Waals surface area contributed by atoms with Crippen molar-refractivity contribution in [2.75, 3.05) is 7.05 Å². The fourth-order valence-corrected chi connectivity index (χ4v) is 5.16. The first kappa shape index (κ1) is 33.5. The van der Waals surface area contributed by atoms with Crippen molar-refractivity contribution >= 4 is 41.1 Å². The molecule has 0 bridgehead atoms. The number of aliphatic imine (C=N–C) groups is 1. The fraction of sp³-hybridized carbons (Fsp3) is 0.265. The number of aliphatic hydroxyl groups excluding tert-OH is 1. The first-order valence-electron chi connectivity index (χ1n) is 14.6. The molecule has 0 aliphatic carbocycles. The topological polar surface area (TPSA) is 176 Å². The molecule has 238 valence electrons. The number of carbonyl (C=O) groups excluding carboxylic acids is 5. The maximum Gasteiger partial charge on any atom is 0.266 e. The molecule has 4 atom stereocenters. The SMILES string of the molecule is C[C@@H](O)[C@@](N)(N=C=O)C(=O)N[C@H](Cc1cn(C=O)c2ccccc12)C(=O)N[C@@H](Cc1ccccc1)C(=O)N(C)Cc1ccccc1. The average molecular weight is 625 g/mol. The molecule has 1 heterocycles. The number of carbonyl (C=O) groups is 4. The molecule has 0 saturated carbocycles. The molecule has 5 N–H and O–H groups in total. The van der Waals surface area contributed by atoms with Crippen molar-refractivity contribution in [1.29, 1.82) is 0 Å². The van der Waals surface area contributed by atoms with E-state index in [0.29, 0.717) is 29.4 Å². The van der Waals surface area contributed by atoms with Crippen LogP contribution in [0.1, 0.15) is 23.6 Å². The first-order valence-corrected chi connectivity index (χ1v) is 14.6.